The predicted octanol–water partition coefficient (Wildman–Crippen LogP) is 1.84. The van der Waals surface area contributed by atoms with Gasteiger partial charge in [-0.25, -0.2) is 0 Å². The van der Waals surface area contributed by atoms with Crippen molar-refractivity contribution in [1.29, 1.82) is 0 Å². The average Bonchev–Trinajstić information content (AvgIpc) is 2.30. The number of carbonyl (C=O) groups excluding carboxylic acids is 1. The summed E-state index contributed by atoms with van der Waals surface area (Å²) >= 11 is 0. The fourth-order valence-corrected chi connectivity index (χ4v) is 1.44. The first-order valence-corrected chi connectivity index (χ1v) is 5.54. The largest absolute Gasteiger partial charge is 0.399 e. The van der Waals surface area contributed by atoms with Gasteiger partial charge in [0.2, 0.25) is 0 Å². The summed E-state index contributed by atoms with van der Waals surface area (Å²) in [6.07, 6.45) is 2.20. The van der Waals surface area contributed by atoms with Gasteiger partial charge in [-0.15, -0.1) is 0 Å². The molecule has 0 aromatic heterocycles. The highest BCUT2D eigenvalue weighted by atomic mass is 16.1. The molecule has 4 nitrogen and oxygen atoms in total. The fourth-order valence-electron chi connectivity index (χ4n) is 1.44. The topological polar surface area (TPSA) is 67.1 Å². The van der Waals surface area contributed by atoms with Crippen LogP contribution in [0.3, 0.4) is 0 Å². The molecule has 16 heavy (non-hydrogen) atoms. The molecule has 0 spiro atoms. The van der Waals surface area contributed by atoms with Crippen molar-refractivity contribution in [3.05, 3.63) is 23.8 Å². The second-order valence-corrected chi connectivity index (χ2v) is 3.66. The molecule has 0 atom stereocenters. The average molecular weight is 221 g/mol. The minimum atomic E-state index is -0.119. The lowest BCUT2D eigenvalue weighted by molar-refractivity contribution is 0.0964. The monoisotopic (exact) mass is 221 g/mol. The SMILES string of the molecule is CCCCNc1ccc(N)cc1C(=O)NC. The lowest BCUT2D eigenvalue weighted by atomic mass is 10.1. The molecule has 0 aliphatic carbocycles. The van der Waals surface area contributed by atoms with Crippen LogP contribution in [0.2, 0.25) is 0 Å². The second kappa shape index (κ2) is 6.00. The van der Waals surface area contributed by atoms with Crippen LogP contribution in [0.25, 0.3) is 0 Å². The molecule has 0 radical (unpaired) electrons. The number of hydrogen-bond acceptors (Lipinski definition) is 3. The Morgan fingerprint density at radius 3 is 2.81 bits per heavy atom. The van der Waals surface area contributed by atoms with Gasteiger partial charge in [-0.1, -0.05) is 13.3 Å². The Bertz CT molecular complexity index is 363. The van der Waals surface area contributed by atoms with Crippen molar-refractivity contribution in [2.75, 3.05) is 24.6 Å². The highest BCUT2D eigenvalue weighted by Crippen LogP contribution is 2.18. The number of anilines is 2. The van der Waals surface area contributed by atoms with Gasteiger partial charge in [0.25, 0.3) is 5.91 Å². The number of carbonyl (C=O) groups is 1. The van der Waals surface area contributed by atoms with E-state index in [0.29, 0.717) is 11.3 Å². The smallest absolute Gasteiger partial charge is 0.253 e. The second-order valence-electron chi connectivity index (χ2n) is 3.66. The molecule has 0 aliphatic rings. The van der Waals surface area contributed by atoms with Crippen molar-refractivity contribution in [3.63, 3.8) is 0 Å². The van der Waals surface area contributed by atoms with E-state index in [-0.39, 0.29) is 5.91 Å². The van der Waals surface area contributed by atoms with Gasteiger partial charge < -0.3 is 16.4 Å². The van der Waals surface area contributed by atoms with Crippen molar-refractivity contribution < 1.29 is 4.79 Å². The van der Waals surface area contributed by atoms with Gasteiger partial charge in [-0.2, -0.15) is 0 Å². The molecule has 0 unspecified atom stereocenters. The standard InChI is InChI=1S/C12H19N3O/c1-3-4-7-15-11-6-5-9(13)8-10(11)12(16)14-2/h5-6,8,15H,3-4,7,13H2,1-2H3,(H,14,16). The van der Waals surface area contributed by atoms with Gasteiger partial charge >= 0.3 is 0 Å². The summed E-state index contributed by atoms with van der Waals surface area (Å²) < 4.78 is 0. The quantitative estimate of drug-likeness (QED) is 0.525. The van der Waals surface area contributed by atoms with E-state index in [1.807, 2.05) is 6.07 Å². The third-order valence-corrected chi connectivity index (χ3v) is 2.36. The first-order valence-electron chi connectivity index (χ1n) is 5.54. The van der Waals surface area contributed by atoms with E-state index in [2.05, 4.69) is 17.6 Å². The number of rotatable bonds is 5. The minimum absolute atomic E-state index is 0.119. The molecule has 1 aromatic rings. The van der Waals surface area contributed by atoms with Crippen LogP contribution in [-0.2, 0) is 0 Å². The molecule has 0 saturated heterocycles. The van der Waals surface area contributed by atoms with Crippen molar-refractivity contribution in [1.82, 2.24) is 5.32 Å². The molecule has 0 bridgehead atoms. The summed E-state index contributed by atoms with van der Waals surface area (Å²) in [4.78, 5) is 11.6. The van der Waals surface area contributed by atoms with Crippen LogP contribution >= 0.6 is 0 Å². The highest BCUT2D eigenvalue weighted by Gasteiger charge is 2.09. The Hall–Kier alpha value is -1.71. The Labute approximate surface area is 96.2 Å². The Morgan fingerprint density at radius 1 is 1.44 bits per heavy atom. The molecule has 0 aliphatic heterocycles. The van der Waals surface area contributed by atoms with Crippen LogP contribution < -0.4 is 16.4 Å². The van der Waals surface area contributed by atoms with Gasteiger partial charge in [0.15, 0.2) is 0 Å². The van der Waals surface area contributed by atoms with Gasteiger partial charge in [-0.3, -0.25) is 4.79 Å². The van der Waals surface area contributed by atoms with Crippen LogP contribution in [0.5, 0.6) is 0 Å². The zero-order chi connectivity index (χ0) is 12.0. The van der Waals surface area contributed by atoms with Crippen LogP contribution in [-0.4, -0.2) is 19.5 Å². The first kappa shape index (κ1) is 12.4. The Morgan fingerprint density at radius 2 is 2.19 bits per heavy atom. The molecular formula is C12H19N3O. The maximum Gasteiger partial charge on any atom is 0.253 e. The minimum Gasteiger partial charge on any atom is -0.399 e. The Kier molecular flexibility index (Phi) is 4.64. The number of hydrogen-bond donors (Lipinski definition) is 3. The summed E-state index contributed by atoms with van der Waals surface area (Å²) in [6, 6.07) is 5.32. The summed E-state index contributed by atoms with van der Waals surface area (Å²) in [7, 11) is 1.61. The van der Waals surface area contributed by atoms with Crippen LogP contribution in [0, 0.1) is 0 Å². The van der Waals surface area contributed by atoms with Crippen molar-refractivity contribution in [3.8, 4) is 0 Å². The van der Waals surface area contributed by atoms with Crippen molar-refractivity contribution in [2.24, 2.45) is 0 Å². The fraction of sp³-hybridized carbons (Fsp3) is 0.417. The molecule has 1 rings (SSSR count). The van der Waals surface area contributed by atoms with Gasteiger partial charge in [-0.05, 0) is 24.6 Å². The molecule has 4 heteroatoms. The number of amides is 1. The lowest BCUT2D eigenvalue weighted by Gasteiger charge is -2.11. The molecular weight excluding hydrogens is 202 g/mol. The Balaban J connectivity index is 2.85. The maximum atomic E-state index is 11.6. The highest BCUT2D eigenvalue weighted by molar-refractivity contribution is 6.00. The van der Waals surface area contributed by atoms with Crippen molar-refractivity contribution in [2.45, 2.75) is 19.8 Å². The van der Waals surface area contributed by atoms with Gasteiger partial charge in [0, 0.05) is 25.0 Å². The van der Waals surface area contributed by atoms with E-state index in [0.717, 1.165) is 25.1 Å². The van der Waals surface area contributed by atoms with Gasteiger partial charge in [0.05, 0.1) is 5.56 Å². The summed E-state index contributed by atoms with van der Waals surface area (Å²) in [5.74, 6) is -0.119. The molecule has 0 saturated carbocycles. The molecule has 4 N–H and O–H groups in total. The number of unbranched alkanes of at least 4 members (excludes halogenated alkanes) is 1. The van der Waals surface area contributed by atoms with Crippen molar-refractivity contribution >= 4 is 17.3 Å². The third kappa shape index (κ3) is 3.15. The number of nitrogen functional groups attached to an aromatic ring is 1. The van der Waals surface area contributed by atoms with E-state index in [4.69, 9.17) is 5.73 Å². The summed E-state index contributed by atoms with van der Waals surface area (Å²) in [5.41, 5.74) is 7.70. The van der Waals surface area contributed by atoms with E-state index in [1.54, 1.807) is 19.2 Å². The number of benzene rings is 1. The van der Waals surface area contributed by atoms with E-state index >= 15 is 0 Å². The van der Waals surface area contributed by atoms with Crippen LogP contribution in [0.4, 0.5) is 11.4 Å². The van der Waals surface area contributed by atoms with Crippen LogP contribution in [0.1, 0.15) is 30.1 Å². The third-order valence-electron chi connectivity index (χ3n) is 2.36. The zero-order valence-electron chi connectivity index (χ0n) is 9.84. The predicted molar refractivity (Wildman–Crippen MR) is 67.6 cm³/mol. The number of nitrogens with two attached hydrogens (primary N) is 1. The molecule has 88 valence electrons. The zero-order valence-corrected chi connectivity index (χ0v) is 9.84. The van der Waals surface area contributed by atoms with E-state index < -0.39 is 0 Å². The maximum absolute atomic E-state index is 11.6. The van der Waals surface area contributed by atoms with E-state index in [1.165, 1.54) is 0 Å². The van der Waals surface area contributed by atoms with Gasteiger partial charge in [0.1, 0.15) is 0 Å². The summed E-state index contributed by atoms with van der Waals surface area (Å²) in [6.45, 7) is 2.99. The normalized spacial score (nSPS) is 9.88. The van der Waals surface area contributed by atoms with Crippen LogP contribution in [0.15, 0.2) is 18.2 Å². The lowest BCUT2D eigenvalue weighted by Crippen LogP contribution is -2.20. The first-order chi connectivity index (χ1) is 7.69. The number of nitrogens with one attached hydrogen (secondary N) is 2. The molecule has 1 amide bonds. The van der Waals surface area contributed by atoms with E-state index in [9.17, 15) is 4.79 Å². The molecule has 0 heterocycles. The summed E-state index contributed by atoms with van der Waals surface area (Å²) in [5, 5.41) is 5.85. The molecule has 1 aromatic carbocycles. The molecule has 0 fully saturated rings.